The Hall–Kier alpha value is -2.15. The van der Waals surface area contributed by atoms with Crippen LogP contribution in [0.15, 0.2) is 18.2 Å². The van der Waals surface area contributed by atoms with Crippen LogP contribution in [0, 0.1) is 5.82 Å². The monoisotopic (exact) mass is 270 g/mol. The van der Waals surface area contributed by atoms with E-state index in [1.165, 1.54) is 24.9 Å². The van der Waals surface area contributed by atoms with E-state index in [1.807, 2.05) is 0 Å². The van der Waals surface area contributed by atoms with Crippen molar-refractivity contribution < 1.29 is 24.2 Å². The Morgan fingerprint density at radius 3 is 2.63 bits per heavy atom. The molecule has 3 N–H and O–H groups in total. The van der Waals surface area contributed by atoms with Crippen molar-refractivity contribution >= 4 is 17.7 Å². The molecule has 19 heavy (non-hydrogen) atoms. The lowest BCUT2D eigenvalue weighted by Crippen LogP contribution is -2.36. The number of aromatic carboxylic acids is 1. The van der Waals surface area contributed by atoms with Crippen LogP contribution in [0.2, 0.25) is 0 Å². The number of anilines is 1. The molecule has 104 valence electrons. The number of aliphatic hydroxyl groups is 1. The summed E-state index contributed by atoms with van der Waals surface area (Å²) < 4.78 is 13.0. The van der Waals surface area contributed by atoms with Crippen LogP contribution < -0.4 is 5.32 Å². The molecule has 0 radical (unpaired) electrons. The molecule has 2 amide bonds. The van der Waals surface area contributed by atoms with Gasteiger partial charge >= 0.3 is 12.0 Å². The van der Waals surface area contributed by atoms with Crippen molar-refractivity contribution in [2.24, 2.45) is 0 Å². The molecule has 0 saturated carbocycles. The molecule has 1 aromatic carbocycles. The first-order valence-electron chi connectivity index (χ1n) is 5.54. The van der Waals surface area contributed by atoms with Gasteiger partial charge in [-0.25, -0.2) is 14.0 Å². The number of nitrogens with zero attached hydrogens (tertiary/aromatic N) is 1. The number of carboxylic acids is 1. The number of carbonyl (C=O) groups is 2. The van der Waals surface area contributed by atoms with Crippen molar-refractivity contribution in [2.75, 3.05) is 18.9 Å². The number of carbonyl (C=O) groups excluding carboxylic acids is 1. The van der Waals surface area contributed by atoms with E-state index in [4.69, 9.17) is 10.2 Å². The number of hydrogen-bond donors (Lipinski definition) is 3. The molecule has 0 bridgehead atoms. The van der Waals surface area contributed by atoms with Crippen molar-refractivity contribution in [2.45, 2.75) is 13.0 Å². The number of urea groups is 1. The van der Waals surface area contributed by atoms with Crippen LogP contribution >= 0.6 is 0 Å². The molecule has 0 aromatic heterocycles. The smallest absolute Gasteiger partial charge is 0.337 e. The molecule has 0 aliphatic carbocycles. The van der Waals surface area contributed by atoms with Crippen molar-refractivity contribution in [3.05, 3.63) is 29.6 Å². The fraction of sp³-hybridized carbons (Fsp3) is 0.333. The average molecular weight is 270 g/mol. The third-order valence-electron chi connectivity index (χ3n) is 2.34. The van der Waals surface area contributed by atoms with E-state index >= 15 is 0 Å². The first-order chi connectivity index (χ1) is 8.81. The minimum atomic E-state index is -1.34. The number of amides is 2. The van der Waals surface area contributed by atoms with E-state index in [0.717, 1.165) is 12.1 Å². The lowest BCUT2D eigenvalue weighted by atomic mass is 10.1. The zero-order valence-corrected chi connectivity index (χ0v) is 10.6. The van der Waals surface area contributed by atoms with Gasteiger partial charge in [-0.05, 0) is 25.1 Å². The van der Waals surface area contributed by atoms with Gasteiger partial charge in [-0.1, -0.05) is 0 Å². The number of benzene rings is 1. The summed E-state index contributed by atoms with van der Waals surface area (Å²) in [6.07, 6.45) is -0.706. The predicted octanol–water partition coefficient (Wildman–Crippen LogP) is 1.37. The summed E-state index contributed by atoms with van der Waals surface area (Å²) in [7, 11) is 1.45. The number of rotatable bonds is 4. The van der Waals surface area contributed by atoms with Crippen molar-refractivity contribution in [3.63, 3.8) is 0 Å². The summed E-state index contributed by atoms with van der Waals surface area (Å²) in [4.78, 5) is 23.9. The van der Waals surface area contributed by atoms with E-state index in [1.54, 1.807) is 0 Å². The second-order valence-electron chi connectivity index (χ2n) is 4.15. The molecule has 0 fully saturated rings. The molecular weight excluding hydrogens is 255 g/mol. The Morgan fingerprint density at radius 1 is 1.47 bits per heavy atom. The summed E-state index contributed by atoms with van der Waals surface area (Å²) >= 11 is 0. The number of likely N-dealkylation sites (N-methyl/N-ethyl adjacent to an activating group) is 1. The second kappa shape index (κ2) is 6.14. The van der Waals surface area contributed by atoms with Crippen LogP contribution in [0.25, 0.3) is 0 Å². The summed E-state index contributed by atoms with van der Waals surface area (Å²) in [5.74, 6) is -2.04. The topological polar surface area (TPSA) is 89.9 Å². The van der Waals surface area contributed by atoms with E-state index < -0.39 is 23.9 Å². The predicted molar refractivity (Wildman–Crippen MR) is 66.7 cm³/mol. The van der Waals surface area contributed by atoms with Crippen LogP contribution in [-0.4, -0.2) is 46.8 Å². The molecule has 1 rings (SSSR count). The Bertz CT molecular complexity index is 491. The Balaban J connectivity index is 2.87. The molecule has 0 aliphatic heterocycles. The molecule has 1 atom stereocenters. The molecule has 0 aliphatic rings. The zero-order chi connectivity index (χ0) is 14.6. The SMILES string of the molecule is CC(O)CN(C)C(=O)Nc1ccc(F)cc1C(=O)O. The zero-order valence-electron chi connectivity index (χ0n) is 10.6. The molecule has 6 nitrogen and oxygen atoms in total. The van der Waals surface area contributed by atoms with Gasteiger partial charge in [0.05, 0.1) is 17.4 Å². The largest absolute Gasteiger partial charge is 0.478 e. The third kappa shape index (κ3) is 4.22. The van der Waals surface area contributed by atoms with Crippen LogP contribution in [-0.2, 0) is 0 Å². The first-order valence-corrected chi connectivity index (χ1v) is 5.54. The number of hydrogen-bond acceptors (Lipinski definition) is 3. The highest BCUT2D eigenvalue weighted by Gasteiger charge is 2.16. The first kappa shape index (κ1) is 14.9. The summed E-state index contributed by atoms with van der Waals surface area (Å²) in [6.45, 7) is 1.61. The third-order valence-corrected chi connectivity index (χ3v) is 2.34. The van der Waals surface area contributed by atoms with Crippen LogP contribution in [0.1, 0.15) is 17.3 Å². The minimum absolute atomic E-state index is 0.00339. The fourth-order valence-corrected chi connectivity index (χ4v) is 1.49. The lowest BCUT2D eigenvalue weighted by molar-refractivity contribution is 0.0697. The lowest BCUT2D eigenvalue weighted by Gasteiger charge is -2.20. The average Bonchev–Trinajstić information content (AvgIpc) is 2.30. The number of aliphatic hydroxyl groups excluding tert-OH is 1. The molecule has 7 heteroatoms. The van der Waals surface area contributed by atoms with Gasteiger partial charge in [0, 0.05) is 13.6 Å². The molecule has 0 saturated heterocycles. The van der Waals surface area contributed by atoms with Crippen molar-refractivity contribution in [1.29, 1.82) is 0 Å². The number of halogens is 1. The van der Waals surface area contributed by atoms with E-state index in [2.05, 4.69) is 5.32 Å². The molecule has 0 spiro atoms. The highest BCUT2D eigenvalue weighted by molar-refractivity contribution is 5.99. The van der Waals surface area contributed by atoms with Crippen LogP contribution in [0.4, 0.5) is 14.9 Å². The normalized spacial score (nSPS) is 11.8. The van der Waals surface area contributed by atoms with E-state index in [9.17, 15) is 14.0 Å². The quantitative estimate of drug-likeness (QED) is 0.770. The Morgan fingerprint density at radius 2 is 2.11 bits per heavy atom. The minimum Gasteiger partial charge on any atom is -0.478 e. The van der Waals surface area contributed by atoms with Gasteiger partial charge in [0.25, 0.3) is 0 Å². The van der Waals surface area contributed by atoms with Crippen LogP contribution in [0.5, 0.6) is 0 Å². The maximum atomic E-state index is 13.0. The Labute approximate surface area is 109 Å². The fourth-order valence-electron chi connectivity index (χ4n) is 1.49. The maximum Gasteiger partial charge on any atom is 0.337 e. The molecular formula is C12H15FN2O4. The second-order valence-corrected chi connectivity index (χ2v) is 4.15. The van der Waals surface area contributed by atoms with Crippen LogP contribution in [0.3, 0.4) is 0 Å². The van der Waals surface area contributed by atoms with Gasteiger partial charge in [0.1, 0.15) is 5.82 Å². The van der Waals surface area contributed by atoms with Gasteiger partial charge in [-0.2, -0.15) is 0 Å². The van der Waals surface area contributed by atoms with E-state index in [-0.39, 0.29) is 17.8 Å². The summed E-state index contributed by atoms with van der Waals surface area (Å²) in [5, 5.41) is 20.4. The maximum absolute atomic E-state index is 13.0. The van der Waals surface area contributed by atoms with Gasteiger partial charge in [0.15, 0.2) is 0 Å². The molecule has 1 aromatic rings. The number of carboxylic acid groups (broad SMARTS) is 1. The summed E-state index contributed by atoms with van der Waals surface area (Å²) in [5.41, 5.74) is -0.338. The van der Waals surface area contributed by atoms with Crippen molar-refractivity contribution in [1.82, 2.24) is 4.90 Å². The van der Waals surface area contributed by atoms with Gasteiger partial charge in [0.2, 0.25) is 0 Å². The van der Waals surface area contributed by atoms with Crippen molar-refractivity contribution in [3.8, 4) is 0 Å². The highest BCUT2D eigenvalue weighted by atomic mass is 19.1. The Kier molecular flexibility index (Phi) is 4.82. The standard InChI is InChI=1S/C12H15FN2O4/c1-7(16)6-15(2)12(19)14-10-4-3-8(13)5-9(10)11(17)18/h3-5,7,16H,6H2,1-2H3,(H,14,19)(H,17,18). The van der Waals surface area contributed by atoms with Gasteiger partial charge < -0.3 is 20.4 Å². The van der Waals surface area contributed by atoms with Gasteiger partial charge in [-0.3, -0.25) is 0 Å². The highest BCUT2D eigenvalue weighted by Crippen LogP contribution is 2.17. The summed E-state index contributed by atoms with van der Waals surface area (Å²) in [6, 6.07) is 2.46. The molecule has 0 heterocycles. The van der Waals surface area contributed by atoms with E-state index in [0.29, 0.717) is 0 Å². The van der Waals surface area contributed by atoms with Gasteiger partial charge in [-0.15, -0.1) is 0 Å². The molecule has 1 unspecified atom stereocenters. The number of nitrogens with one attached hydrogen (secondary N) is 1.